The van der Waals surface area contributed by atoms with E-state index < -0.39 is 0 Å². The van der Waals surface area contributed by atoms with Crippen molar-refractivity contribution in [3.63, 3.8) is 0 Å². The summed E-state index contributed by atoms with van der Waals surface area (Å²) in [6.07, 6.45) is 6.66. The summed E-state index contributed by atoms with van der Waals surface area (Å²) in [5.74, 6) is 0.792. The molecule has 0 aliphatic heterocycles. The molecular weight excluding hydrogens is 230 g/mol. The molecule has 0 amide bonds. The maximum Gasteiger partial charge on any atom is 0.0409 e. The summed E-state index contributed by atoms with van der Waals surface area (Å²) in [4.78, 5) is 0. The van der Waals surface area contributed by atoms with E-state index in [-0.39, 0.29) is 0 Å². The van der Waals surface area contributed by atoms with Gasteiger partial charge in [0, 0.05) is 11.1 Å². The first kappa shape index (κ1) is 12.9. The Morgan fingerprint density at radius 2 is 2.12 bits per heavy atom. The van der Waals surface area contributed by atoms with Crippen LogP contribution in [0.3, 0.4) is 0 Å². The van der Waals surface area contributed by atoms with Crippen molar-refractivity contribution < 1.29 is 0 Å². The zero-order valence-corrected chi connectivity index (χ0v) is 11.3. The molecule has 2 rings (SSSR count). The van der Waals surface area contributed by atoms with Gasteiger partial charge in [0.15, 0.2) is 0 Å². The Morgan fingerprint density at radius 1 is 1.35 bits per heavy atom. The Labute approximate surface area is 110 Å². The molecule has 1 aromatic rings. The van der Waals surface area contributed by atoms with Crippen LogP contribution in [0.4, 0.5) is 0 Å². The second-order valence-electron chi connectivity index (χ2n) is 5.03. The molecule has 2 heteroatoms. The van der Waals surface area contributed by atoms with Gasteiger partial charge in [0.05, 0.1) is 0 Å². The molecule has 1 unspecified atom stereocenters. The standard InChI is InChI=1S/C15H22ClN/c1-2-10-17-15(12-6-3-4-7-12)13-8-5-9-14(16)11-13/h5,8-9,11-12,15,17H,2-4,6-7,10H2,1H3. The Bertz CT molecular complexity index is 345. The Hall–Kier alpha value is -0.530. The van der Waals surface area contributed by atoms with Crippen molar-refractivity contribution in [2.75, 3.05) is 6.54 Å². The van der Waals surface area contributed by atoms with Crippen LogP contribution in [0.1, 0.15) is 50.6 Å². The smallest absolute Gasteiger partial charge is 0.0409 e. The van der Waals surface area contributed by atoms with Gasteiger partial charge in [0.2, 0.25) is 0 Å². The third-order valence-electron chi connectivity index (χ3n) is 3.69. The van der Waals surface area contributed by atoms with Gasteiger partial charge in [-0.2, -0.15) is 0 Å². The molecule has 1 saturated carbocycles. The van der Waals surface area contributed by atoms with Crippen LogP contribution in [0.15, 0.2) is 24.3 Å². The van der Waals surface area contributed by atoms with Crippen LogP contribution in [0.5, 0.6) is 0 Å². The maximum atomic E-state index is 6.10. The Balaban J connectivity index is 2.13. The highest BCUT2D eigenvalue weighted by Gasteiger charge is 2.25. The van der Waals surface area contributed by atoms with Crippen molar-refractivity contribution in [1.29, 1.82) is 0 Å². The van der Waals surface area contributed by atoms with Crippen molar-refractivity contribution in [3.05, 3.63) is 34.9 Å². The topological polar surface area (TPSA) is 12.0 Å². The molecule has 1 aromatic carbocycles. The first-order valence-corrected chi connectivity index (χ1v) is 7.18. The molecular formula is C15H22ClN. The van der Waals surface area contributed by atoms with Crippen LogP contribution in [0, 0.1) is 5.92 Å². The molecule has 1 nitrogen and oxygen atoms in total. The van der Waals surface area contributed by atoms with Gasteiger partial charge in [-0.3, -0.25) is 0 Å². The monoisotopic (exact) mass is 251 g/mol. The van der Waals surface area contributed by atoms with E-state index in [1.54, 1.807) is 0 Å². The fourth-order valence-electron chi connectivity index (χ4n) is 2.85. The van der Waals surface area contributed by atoms with Gasteiger partial charge in [0.1, 0.15) is 0 Å². The molecule has 0 saturated heterocycles. The highest BCUT2D eigenvalue weighted by molar-refractivity contribution is 6.30. The third-order valence-corrected chi connectivity index (χ3v) is 3.93. The number of nitrogens with one attached hydrogen (secondary N) is 1. The molecule has 0 spiro atoms. The molecule has 1 aliphatic rings. The summed E-state index contributed by atoms with van der Waals surface area (Å²) in [7, 11) is 0. The highest BCUT2D eigenvalue weighted by Crippen LogP contribution is 2.36. The molecule has 0 heterocycles. The zero-order chi connectivity index (χ0) is 12.1. The molecule has 1 fully saturated rings. The number of rotatable bonds is 5. The van der Waals surface area contributed by atoms with Gasteiger partial charge >= 0.3 is 0 Å². The SMILES string of the molecule is CCCNC(c1cccc(Cl)c1)C1CCCC1. The minimum Gasteiger partial charge on any atom is -0.310 e. The summed E-state index contributed by atoms with van der Waals surface area (Å²) >= 11 is 6.10. The van der Waals surface area contributed by atoms with E-state index in [0.29, 0.717) is 6.04 Å². The predicted molar refractivity (Wildman–Crippen MR) is 74.4 cm³/mol. The van der Waals surface area contributed by atoms with Crippen LogP contribution < -0.4 is 5.32 Å². The zero-order valence-electron chi connectivity index (χ0n) is 10.6. The van der Waals surface area contributed by atoms with Gasteiger partial charge in [-0.05, 0) is 49.4 Å². The lowest BCUT2D eigenvalue weighted by molar-refractivity contribution is 0.368. The van der Waals surface area contributed by atoms with Crippen LogP contribution in [-0.4, -0.2) is 6.54 Å². The molecule has 94 valence electrons. The van der Waals surface area contributed by atoms with Crippen LogP contribution in [0.25, 0.3) is 0 Å². The maximum absolute atomic E-state index is 6.10. The van der Waals surface area contributed by atoms with E-state index in [0.717, 1.165) is 17.5 Å². The average Bonchev–Trinajstić information content (AvgIpc) is 2.83. The molecule has 17 heavy (non-hydrogen) atoms. The summed E-state index contributed by atoms with van der Waals surface area (Å²) in [6.45, 7) is 3.31. The number of halogens is 1. The molecule has 1 atom stereocenters. The van der Waals surface area contributed by atoms with E-state index in [1.807, 2.05) is 6.07 Å². The fourth-order valence-corrected chi connectivity index (χ4v) is 3.05. The lowest BCUT2D eigenvalue weighted by atomic mass is 9.91. The van der Waals surface area contributed by atoms with Crippen LogP contribution in [0.2, 0.25) is 5.02 Å². The fraction of sp³-hybridized carbons (Fsp3) is 0.600. The highest BCUT2D eigenvalue weighted by atomic mass is 35.5. The minimum atomic E-state index is 0.496. The third kappa shape index (κ3) is 3.46. The second kappa shape index (κ2) is 6.42. The Kier molecular flexibility index (Phi) is 4.87. The first-order valence-electron chi connectivity index (χ1n) is 6.80. The summed E-state index contributed by atoms with van der Waals surface area (Å²) < 4.78 is 0. The van der Waals surface area contributed by atoms with E-state index in [1.165, 1.54) is 37.7 Å². The normalized spacial score (nSPS) is 18.5. The summed E-state index contributed by atoms with van der Waals surface area (Å²) in [5, 5.41) is 4.55. The predicted octanol–water partition coefficient (Wildman–Crippen LogP) is 4.57. The molecule has 0 aromatic heterocycles. The lowest BCUT2D eigenvalue weighted by Crippen LogP contribution is -2.27. The molecule has 1 N–H and O–H groups in total. The van der Waals surface area contributed by atoms with Gasteiger partial charge in [-0.1, -0.05) is 43.5 Å². The second-order valence-corrected chi connectivity index (χ2v) is 5.47. The van der Waals surface area contributed by atoms with Crippen molar-refractivity contribution in [1.82, 2.24) is 5.32 Å². The van der Waals surface area contributed by atoms with Gasteiger partial charge in [0.25, 0.3) is 0 Å². The lowest BCUT2D eigenvalue weighted by Gasteiger charge is -2.25. The van der Waals surface area contributed by atoms with Crippen LogP contribution >= 0.6 is 11.6 Å². The van der Waals surface area contributed by atoms with Gasteiger partial charge < -0.3 is 5.32 Å². The van der Waals surface area contributed by atoms with Gasteiger partial charge in [-0.15, -0.1) is 0 Å². The first-order chi connectivity index (χ1) is 8.31. The van der Waals surface area contributed by atoms with Gasteiger partial charge in [-0.25, -0.2) is 0 Å². The molecule has 0 bridgehead atoms. The van der Waals surface area contributed by atoms with E-state index in [4.69, 9.17) is 11.6 Å². The number of hydrogen-bond donors (Lipinski definition) is 1. The van der Waals surface area contributed by atoms with E-state index in [2.05, 4.69) is 30.4 Å². The van der Waals surface area contributed by atoms with Crippen molar-refractivity contribution >= 4 is 11.6 Å². The summed E-state index contributed by atoms with van der Waals surface area (Å²) in [6, 6.07) is 8.84. The largest absolute Gasteiger partial charge is 0.310 e. The van der Waals surface area contributed by atoms with Crippen molar-refractivity contribution in [3.8, 4) is 0 Å². The minimum absolute atomic E-state index is 0.496. The van der Waals surface area contributed by atoms with Crippen LogP contribution in [-0.2, 0) is 0 Å². The quantitative estimate of drug-likeness (QED) is 0.808. The van der Waals surface area contributed by atoms with Crippen molar-refractivity contribution in [2.24, 2.45) is 5.92 Å². The van der Waals surface area contributed by atoms with E-state index in [9.17, 15) is 0 Å². The van der Waals surface area contributed by atoms with E-state index >= 15 is 0 Å². The summed E-state index contributed by atoms with van der Waals surface area (Å²) in [5.41, 5.74) is 1.36. The average molecular weight is 252 g/mol. The molecule has 0 radical (unpaired) electrons. The molecule has 1 aliphatic carbocycles. The number of hydrogen-bond acceptors (Lipinski definition) is 1. The Morgan fingerprint density at radius 3 is 2.76 bits per heavy atom. The van der Waals surface area contributed by atoms with Crippen molar-refractivity contribution in [2.45, 2.75) is 45.1 Å². The number of benzene rings is 1.